The molecule has 0 saturated carbocycles. The summed E-state index contributed by atoms with van der Waals surface area (Å²) in [6, 6.07) is 0. The van der Waals surface area contributed by atoms with E-state index in [0.717, 1.165) is 0 Å². The van der Waals surface area contributed by atoms with E-state index >= 15 is 0 Å². The third-order valence-corrected chi connectivity index (χ3v) is 0.414. The van der Waals surface area contributed by atoms with E-state index in [2.05, 4.69) is 13.8 Å². The van der Waals surface area contributed by atoms with E-state index in [9.17, 15) is 4.79 Å². The van der Waals surface area contributed by atoms with Crippen molar-refractivity contribution in [3.8, 4) is 0 Å². The van der Waals surface area contributed by atoms with E-state index < -0.39 is 0 Å². The Labute approximate surface area is 69.1 Å². The summed E-state index contributed by atoms with van der Waals surface area (Å²) in [6.07, 6.45) is 2.07. The first-order chi connectivity index (χ1) is 2.81. The minimum absolute atomic E-state index is 0. The number of hydrogen-bond donors (Lipinski definition) is 0. The van der Waals surface area contributed by atoms with Crippen molar-refractivity contribution in [2.24, 2.45) is 0 Å². The van der Waals surface area contributed by atoms with Gasteiger partial charge in [0.05, 0.1) is 0 Å². The topological polar surface area (TPSA) is 17.1 Å². The van der Waals surface area contributed by atoms with E-state index in [0.29, 0.717) is 11.9 Å². The van der Waals surface area contributed by atoms with Crippen molar-refractivity contribution in [1.29, 1.82) is 0 Å². The van der Waals surface area contributed by atoms with Gasteiger partial charge in [-0.05, 0) is 6.29 Å². The molecule has 0 aromatic carbocycles. The summed E-state index contributed by atoms with van der Waals surface area (Å²) in [5.74, 6) is 0. The van der Waals surface area contributed by atoms with Crippen molar-refractivity contribution in [2.45, 2.75) is 0 Å². The molecule has 0 unspecified atom stereocenters. The van der Waals surface area contributed by atoms with Gasteiger partial charge in [0.25, 0.3) is 0 Å². The first-order valence-corrected chi connectivity index (χ1v) is 1.57. The molecule has 0 rings (SSSR count). The summed E-state index contributed by atoms with van der Waals surface area (Å²) >= 11 is 0. The van der Waals surface area contributed by atoms with Crippen molar-refractivity contribution in [3.63, 3.8) is 0 Å². The van der Waals surface area contributed by atoms with E-state index in [1.165, 1.54) is 6.08 Å². The molecule has 0 spiro atoms. The zero-order valence-corrected chi connectivity index (χ0v) is 6.89. The molecular weight excluding hydrogens is 165 g/mol. The molecule has 7 heavy (non-hydrogen) atoms. The van der Waals surface area contributed by atoms with Gasteiger partial charge in [0.1, 0.15) is 0 Å². The fourth-order valence-corrected chi connectivity index (χ4v) is 0.0481. The van der Waals surface area contributed by atoms with Crippen LogP contribution in [0.1, 0.15) is 0 Å². The molecule has 0 bridgehead atoms. The minimum Gasteiger partial charge on any atom is -0.395 e. The summed E-state index contributed by atoms with van der Waals surface area (Å²) in [4.78, 5) is 9.57. The average molecular weight is 171 g/mol. The minimum atomic E-state index is 0. The Balaban J connectivity index is 0. The number of rotatable bonds is 1. The third kappa shape index (κ3) is 6.25. The molecule has 0 aliphatic rings. The Morgan fingerprint density at radius 1 is 1.57 bits per heavy atom. The van der Waals surface area contributed by atoms with Crippen LogP contribution in [0.4, 0.5) is 0 Å². The van der Waals surface area contributed by atoms with Gasteiger partial charge >= 0.3 is 0 Å². The first-order valence-electron chi connectivity index (χ1n) is 1.57. The average Bonchev–Trinajstić information content (AvgIpc) is 1.65. The number of allylic oxidation sites excluding steroid dienone is 2. The largest absolute Gasteiger partial charge is 0.395 e. The van der Waals surface area contributed by atoms with Gasteiger partial charge in [0, 0.05) is 32.7 Å². The molecular formula is C5H6OY-2. The van der Waals surface area contributed by atoms with Gasteiger partial charge in [0.2, 0.25) is 0 Å². The van der Waals surface area contributed by atoms with Gasteiger partial charge in [-0.1, -0.05) is 0 Å². The van der Waals surface area contributed by atoms with Crippen LogP contribution in [0.5, 0.6) is 0 Å². The van der Waals surface area contributed by atoms with E-state index in [1.54, 1.807) is 0 Å². The van der Waals surface area contributed by atoms with Crippen molar-refractivity contribution < 1.29 is 37.5 Å². The monoisotopic (exact) mass is 171 g/mol. The maximum atomic E-state index is 9.57. The second kappa shape index (κ2) is 6.25. The van der Waals surface area contributed by atoms with E-state index in [4.69, 9.17) is 0 Å². The standard InChI is InChI=1S/C5H6O.Y/c1-3-5(2)4-6;/h3-4H,1-2H2;/q-2;. The van der Waals surface area contributed by atoms with Crippen molar-refractivity contribution in [1.82, 2.24) is 0 Å². The van der Waals surface area contributed by atoms with Gasteiger partial charge < -0.3 is 23.4 Å². The molecule has 0 amide bonds. The number of carbonyl (C=O) groups is 1. The number of carbonyl (C=O) groups excluding carboxylic acids is 1. The predicted octanol–water partition coefficient (Wildman–Crippen LogP) is 0.777. The van der Waals surface area contributed by atoms with Crippen LogP contribution in [0, 0.1) is 13.8 Å². The quantitative estimate of drug-likeness (QED) is 0.323. The smallest absolute Gasteiger partial charge is 0 e. The van der Waals surface area contributed by atoms with Crippen LogP contribution >= 0.6 is 0 Å². The Hall–Kier alpha value is 0.254. The van der Waals surface area contributed by atoms with Crippen LogP contribution in [-0.2, 0) is 37.5 Å². The second-order valence-electron chi connectivity index (χ2n) is 0.897. The van der Waals surface area contributed by atoms with Gasteiger partial charge in [-0.2, -0.15) is 0 Å². The van der Waals surface area contributed by atoms with Crippen molar-refractivity contribution >= 4 is 6.29 Å². The zero-order valence-electron chi connectivity index (χ0n) is 4.05. The third-order valence-electron chi connectivity index (χ3n) is 0.414. The number of hydrogen-bond acceptors (Lipinski definition) is 1. The summed E-state index contributed by atoms with van der Waals surface area (Å²) < 4.78 is 0. The Bertz CT molecular complexity index is 76.1. The molecule has 0 N–H and O–H groups in total. The molecule has 0 aromatic heterocycles. The fraction of sp³-hybridized carbons (Fsp3) is 0. The molecule has 0 aliphatic carbocycles. The Morgan fingerprint density at radius 3 is 2.00 bits per heavy atom. The normalized spacial score (nSPS) is 9.43. The SMILES string of the molecule is [CH2-]C=C([CH2-])C=O.[Y]. The summed E-state index contributed by atoms with van der Waals surface area (Å²) in [7, 11) is 0. The van der Waals surface area contributed by atoms with E-state index in [-0.39, 0.29) is 32.7 Å². The van der Waals surface area contributed by atoms with Crippen LogP contribution in [0.3, 0.4) is 0 Å². The molecule has 1 nitrogen and oxygen atoms in total. The van der Waals surface area contributed by atoms with Crippen LogP contribution in [-0.4, -0.2) is 6.29 Å². The molecule has 0 atom stereocenters. The maximum Gasteiger partial charge on any atom is 0 e. The zero-order chi connectivity index (χ0) is 4.99. The molecule has 2 heteroatoms. The summed E-state index contributed by atoms with van der Waals surface area (Å²) in [5.41, 5.74) is 0.426. The molecule has 0 aliphatic heterocycles. The van der Waals surface area contributed by atoms with Crippen molar-refractivity contribution in [2.75, 3.05) is 0 Å². The molecule has 0 heterocycles. The molecule has 1 radical (unpaired) electrons. The van der Waals surface area contributed by atoms with Gasteiger partial charge in [-0.15, -0.1) is 0 Å². The second-order valence-corrected chi connectivity index (χ2v) is 0.897. The van der Waals surface area contributed by atoms with E-state index in [1.807, 2.05) is 0 Å². The molecule has 0 saturated heterocycles. The fourth-order valence-electron chi connectivity index (χ4n) is 0.0481. The predicted molar refractivity (Wildman–Crippen MR) is 24.9 cm³/mol. The van der Waals surface area contributed by atoms with Crippen molar-refractivity contribution in [3.05, 3.63) is 25.5 Å². The van der Waals surface area contributed by atoms with Crippen LogP contribution in [0.25, 0.3) is 0 Å². The molecule has 0 aromatic rings. The molecule has 37 valence electrons. The number of aldehydes is 1. The molecule has 0 fully saturated rings. The van der Waals surface area contributed by atoms with Crippen LogP contribution in [0.15, 0.2) is 11.6 Å². The Morgan fingerprint density at radius 2 is 2.00 bits per heavy atom. The van der Waals surface area contributed by atoms with Crippen LogP contribution in [0.2, 0.25) is 0 Å². The van der Waals surface area contributed by atoms with Gasteiger partial charge in [-0.3, -0.25) is 6.92 Å². The summed E-state index contributed by atoms with van der Waals surface area (Å²) in [5, 5.41) is 0. The summed E-state index contributed by atoms with van der Waals surface area (Å²) in [6.45, 7) is 6.61. The van der Waals surface area contributed by atoms with Gasteiger partial charge in [0.15, 0.2) is 0 Å². The first kappa shape index (κ1) is 10.3. The maximum absolute atomic E-state index is 9.57. The van der Waals surface area contributed by atoms with Crippen LogP contribution < -0.4 is 0 Å². The Kier molecular flexibility index (Phi) is 9.18. The van der Waals surface area contributed by atoms with Gasteiger partial charge in [-0.25, -0.2) is 0 Å².